The summed E-state index contributed by atoms with van der Waals surface area (Å²) in [6, 6.07) is 3.14. The number of hydrogen-bond donors (Lipinski definition) is 2. The Bertz CT molecular complexity index is 357. The minimum atomic E-state index is -2.51. The Morgan fingerprint density at radius 1 is 1.53 bits per heavy atom. The average Bonchev–Trinajstić information content (AvgIpc) is 2.27. The number of nitrogen functional groups attached to an aromatic ring is 1. The fourth-order valence-corrected chi connectivity index (χ4v) is 1.04. The van der Waals surface area contributed by atoms with E-state index in [2.05, 4.69) is 15.0 Å². The first-order chi connectivity index (χ1) is 8.08. The summed E-state index contributed by atoms with van der Waals surface area (Å²) in [6.45, 7) is -0.699. The molecule has 1 rings (SSSR count). The number of nitrogens with one attached hydrogen (secondary N) is 1. The molecule has 1 aromatic rings. The highest BCUT2D eigenvalue weighted by Crippen LogP contribution is 2.07. The molecule has 0 unspecified atom stereocenters. The van der Waals surface area contributed by atoms with Gasteiger partial charge in [-0.05, 0) is 12.1 Å². The molecule has 0 aliphatic rings. The number of carbonyl (C=O) groups excluding carboxylic acids is 1. The third kappa shape index (κ3) is 5.76. The van der Waals surface area contributed by atoms with Gasteiger partial charge in [-0.15, -0.1) is 0 Å². The van der Waals surface area contributed by atoms with Crippen LogP contribution in [0.5, 0.6) is 0 Å². The van der Waals surface area contributed by atoms with E-state index < -0.39 is 13.0 Å². The van der Waals surface area contributed by atoms with Crippen LogP contribution in [0, 0.1) is 0 Å². The quantitative estimate of drug-likeness (QED) is 0.740. The van der Waals surface area contributed by atoms with Crippen molar-refractivity contribution in [1.82, 2.24) is 4.98 Å². The Morgan fingerprint density at radius 3 is 2.88 bits per heavy atom. The molecule has 0 atom stereocenters. The van der Waals surface area contributed by atoms with Crippen LogP contribution in [0.3, 0.4) is 0 Å². The SMILES string of the molecule is Nc1ccc(NC(=O)CCOCC(F)F)cn1. The first kappa shape index (κ1) is 13.3. The number of pyridine rings is 1. The van der Waals surface area contributed by atoms with E-state index in [0.717, 1.165) is 0 Å². The number of carbonyl (C=O) groups is 1. The molecule has 1 aromatic heterocycles. The van der Waals surface area contributed by atoms with E-state index in [0.29, 0.717) is 11.5 Å². The molecule has 0 aliphatic carbocycles. The molecule has 94 valence electrons. The first-order valence-electron chi connectivity index (χ1n) is 4.95. The van der Waals surface area contributed by atoms with E-state index in [1.807, 2.05) is 0 Å². The van der Waals surface area contributed by atoms with Crippen LogP contribution in [0.1, 0.15) is 6.42 Å². The minimum absolute atomic E-state index is 0.0110. The van der Waals surface area contributed by atoms with Crippen molar-refractivity contribution >= 4 is 17.4 Å². The van der Waals surface area contributed by atoms with Gasteiger partial charge in [0.15, 0.2) is 0 Å². The molecule has 3 N–H and O–H groups in total. The van der Waals surface area contributed by atoms with E-state index in [1.54, 1.807) is 12.1 Å². The van der Waals surface area contributed by atoms with Crippen molar-refractivity contribution in [2.24, 2.45) is 0 Å². The maximum atomic E-state index is 11.7. The third-order valence-electron chi connectivity index (χ3n) is 1.79. The lowest BCUT2D eigenvalue weighted by molar-refractivity contribution is -0.117. The van der Waals surface area contributed by atoms with Gasteiger partial charge in [-0.3, -0.25) is 4.79 Å². The van der Waals surface area contributed by atoms with Gasteiger partial charge in [-0.1, -0.05) is 0 Å². The fraction of sp³-hybridized carbons (Fsp3) is 0.400. The van der Waals surface area contributed by atoms with E-state index in [1.165, 1.54) is 6.20 Å². The number of ether oxygens (including phenoxy) is 1. The molecule has 1 heterocycles. The molecule has 7 heteroatoms. The van der Waals surface area contributed by atoms with Crippen molar-refractivity contribution in [2.45, 2.75) is 12.8 Å². The molecule has 0 radical (unpaired) electrons. The van der Waals surface area contributed by atoms with Crippen LogP contribution in [0.15, 0.2) is 18.3 Å². The topological polar surface area (TPSA) is 77.2 Å². The second-order valence-electron chi connectivity index (χ2n) is 3.24. The Kier molecular flexibility index (Phi) is 5.28. The Labute approximate surface area is 97.0 Å². The zero-order valence-electron chi connectivity index (χ0n) is 9.03. The maximum absolute atomic E-state index is 11.7. The summed E-state index contributed by atoms with van der Waals surface area (Å²) in [5, 5.41) is 2.53. The summed E-state index contributed by atoms with van der Waals surface area (Å²) < 4.78 is 28.0. The number of alkyl halides is 2. The second-order valence-corrected chi connectivity index (χ2v) is 3.24. The lowest BCUT2D eigenvalue weighted by atomic mass is 10.3. The number of rotatable bonds is 6. The Hall–Kier alpha value is -1.76. The van der Waals surface area contributed by atoms with E-state index in [-0.39, 0.29) is 18.9 Å². The van der Waals surface area contributed by atoms with Crippen LogP contribution >= 0.6 is 0 Å². The van der Waals surface area contributed by atoms with Crippen LogP contribution in [0.2, 0.25) is 0 Å². The van der Waals surface area contributed by atoms with Gasteiger partial charge in [-0.25, -0.2) is 13.8 Å². The predicted molar refractivity (Wildman–Crippen MR) is 58.7 cm³/mol. The smallest absolute Gasteiger partial charge is 0.261 e. The molecular formula is C10H13F2N3O2. The number of aromatic nitrogens is 1. The van der Waals surface area contributed by atoms with Crippen LogP contribution in [-0.2, 0) is 9.53 Å². The largest absolute Gasteiger partial charge is 0.384 e. The summed E-state index contributed by atoms with van der Waals surface area (Å²) in [5.41, 5.74) is 5.87. The normalized spacial score (nSPS) is 10.5. The molecule has 5 nitrogen and oxygen atoms in total. The number of halogens is 2. The number of nitrogens with two attached hydrogens (primary N) is 1. The summed E-state index contributed by atoms with van der Waals surface area (Å²) in [6.07, 6.45) is -1.09. The highest BCUT2D eigenvalue weighted by molar-refractivity contribution is 5.90. The lowest BCUT2D eigenvalue weighted by Gasteiger charge is -2.05. The molecule has 17 heavy (non-hydrogen) atoms. The monoisotopic (exact) mass is 245 g/mol. The predicted octanol–water partition coefficient (Wildman–Crippen LogP) is 1.27. The summed E-state index contributed by atoms with van der Waals surface area (Å²) in [5.74, 6) is 0.0223. The molecule has 0 saturated carbocycles. The zero-order chi connectivity index (χ0) is 12.7. The molecule has 1 amide bonds. The highest BCUT2D eigenvalue weighted by Gasteiger charge is 2.05. The highest BCUT2D eigenvalue weighted by atomic mass is 19.3. The van der Waals surface area contributed by atoms with Crippen LogP contribution in [-0.4, -0.2) is 30.5 Å². The van der Waals surface area contributed by atoms with Gasteiger partial charge in [0, 0.05) is 0 Å². The molecular weight excluding hydrogens is 232 g/mol. The standard InChI is InChI=1S/C10H13F2N3O2/c11-8(12)6-17-4-3-10(16)15-7-1-2-9(13)14-5-7/h1-2,5,8H,3-4,6H2,(H2,13,14)(H,15,16). The number of hydrogen-bond acceptors (Lipinski definition) is 4. The Morgan fingerprint density at radius 2 is 2.29 bits per heavy atom. The summed E-state index contributed by atoms with van der Waals surface area (Å²) in [7, 11) is 0. The third-order valence-corrected chi connectivity index (χ3v) is 1.79. The summed E-state index contributed by atoms with van der Waals surface area (Å²) >= 11 is 0. The lowest BCUT2D eigenvalue weighted by Crippen LogP contribution is -2.15. The maximum Gasteiger partial charge on any atom is 0.261 e. The van der Waals surface area contributed by atoms with Gasteiger partial charge in [0.1, 0.15) is 12.4 Å². The second kappa shape index (κ2) is 6.74. The van der Waals surface area contributed by atoms with Gasteiger partial charge in [-0.2, -0.15) is 0 Å². The van der Waals surface area contributed by atoms with Gasteiger partial charge >= 0.3 is 0 Å². The van der Waals surface area contributed by atoms with E-state index in [4.69, 9.17) is 5.73 Å². The molecule has 0 spiro atoms. The van der Waals surface area contributed by atoms with Gasteiger partial charge in [0.2, 0.25) is 5.91 Å². The molecule has 0 bridgehead atoms. The molecule has 0 aromatic carbocycles. The molecule has 0 saturated heterocycles. The first-order valence-corrected chi connectivity index (χ1v) is 4.95. The van der Waals surface area contributed by atoms with Crippen molar-refractivity contribution in [3.05, 3.63) is 18.3 Å². The van der Waals surface area contributed by atoms with Crippen LogP contribution in [0.4, 0.5) is 20.3 Å². The molecule has 0 aliphatic heterocycles. The van der Waals surface area contributed by atoms with Crippen molar-refractivity contribution in [2.75, 3.05) is 24.3 Å². The minimum Gasteiger partial charge on any atom is -0.384 e. The van der Waals surface area contributed by atoms with Gasteiger partial charge in [0.25, 0.3) is 6.43 Å². The van der Waals surface area contributed by atoms with Crippen molar-refractivity contribution in [3.63, 3.8) is 0 Å². The van der Waals surface area contributed by atoms with Crippen LogP contribution < -0.4 is 11.1 Å². The van der Waals surface area contributed by atoms with Gasteiger partial charge in [0.05, 0.1) is 24.9 Å². The number of anilines is 2. The number of amides is 1. The van der Waals surface area contributed by atoms with Crippen molar-refractivity contribution < 1.29 is 18.3 Å². The summed E-state index contributed by atoms with van der Waals surface area (Å²) in [4.78, 5) is 15.1. The Balaban J connectivity index is 2.23. The van der Waals surface area contributed by atoms with Crippen molar-refractivity contribution in [3.8, 4) is 0 Å². The number of nitrogens with zero attached hydrogens (tertiary/aromatic N) is 1. The van der Waals surface area contributed by atoms with Gasteiger partial charge < -0.3 is 15.8 Å². The van der Waals surface area contributed by atoms with E-state index in [9.17, 15) is 13.6 Å². The average molecular weight is 245 g/mol. The zero-order valence-corrected chi connectivity index (χ0v) is 9.03. The van der Waals surface area contributed by atoms with E-state index >= 15 is 0 Å². The fourth-order valence-electron chi connectivity index (χ4n) is 1.04. The van der Waals surface area contributed by atoms with Crippen molar-refractivity contribution in [1.29, 1.82) is 0 Å². The van der Waals surface area contributed by atoms with Crippen LogP contribution in [0.25, 0.3) is 0 Å². The molecule has 0 fully saturated rings.